The van der Waals surface area contributed by atoms with Crippen LogP contribution in [0.2, 0.25) is 0 Å². The second-order valence-corrected chi connectivity index (χ2v) is 7.36. The smallest absolute Gasteiger partial charge is 0.323 e. The van der Waals surface area contributed by atoms with Crippen molar-refractivity contribution in [3.8, 4) is 11.3 Å². The molecule has 142 valence electrons. The first-order chi connectivity index (χ1) is 13.0. The Balaban J connectivity index is 1.48. The zero-order valence-electron chi connectivity index (χ0n) is 15.1. The number of amides is 2. The molecular weight excluding hydrogens is 347 g/mol. The first kappa shape index (κ1) is 17.7. The number of anilines is 2. The lowest BCUT2D eigenvalue weighted by Gasteiger charge is -2.33. The number of pyridine rings is 1. The van der Waals surface area contributed by atoms with Crippen molar-refractivity contribution in [2.24, 2.45) is 5.41 Å². The molecule has 27 heavy (non-hydrogen) atoms. The van der Waals surface area contributed by atoms with Gasteiger partial charge >= 0.3 is 6.03 Å². The maximum Gasteiger partial charge on any atom is 0.323 e. The number of urea groups is 1. The fourth-order valence-corrected chi connectivity index (χ4v) is 3.85. The van der Waals surface area contributed by atoms with Crippen LogP contribution in [0.3, 0.4) is 0 Å². The van der Waals surface area contributed by atoms with Crippen LogP contribution in [-0.4, -0.2) is 42.2 Å². The van der Waals surface area contributed by atoms with Gasteiger partial charge in [-0.1, -0.05) is 0 Å². The Kier molecular flexibility index (Phi) is 4.70. The van der Waals surface area contributed by atoms with Gasteiger partial charge in [-0.25, -0.2) is 14.2 Å². The van der Waals surface area contributed by atoms with Gasteiger partial charge < -0.3 is 15.4 Å². The zero-order chi connectivity index (χ0) is 18.9. The maximum absolute atomic E-state index is 13.1. The number of likely N-dealkylation sites (tertiary alicyclic amines) is 1. The number of nitrogens with zero attached hydrogens (tertiary/aromatic N) is 2. The van der Waals surface area contributed by atoms with Gasteiger partial charge in [-0.3, -0.25) is 5.32 Å². The van der Waals surface area contributed by atoms with Crippen LogP contribution < -0.4 is 11.1 Å². The highest BCUT2D eigenvalue weighted by atomic mass is 19.1. The molecule has 7 heteroatoms. The average molecular weight is 370 g/mol. The van der Waals surface area contributed by atoms with Crippen molar-refractivity contribution in [3.63, 3.8) is 0 Å². The zero-order valence-corrected chi connectivity index (χ0v) is 15.1. The van der Waals surface area contributed by atoms with Gasteiger partial charge in [0.1, 0.15) is 5.82 Å². The second-order valence-electron chi connectivity index (χ2n) is 7.36. The minimum atomic E-state index is -0.307. The molecular formula is C20H23FN4O2. The lowest BCUT2D eigenvalue weighted by Crippen LogP contribution is -2.37. The third-order valence-electron chi connectivity index (χ3n) is 5.57. The number of ether oxygens (including phenoxy) is 1. The van der Waals surface area contributed by atoms with Crippen molar-refractivity contribution in [2.45, 2.75) is 19.3 Å². The molecule has 0 aliphatic carbocycles. The van der Waals surface area contributed by atoms with Gasteiger partial charge in [0.25, 0.3) is 0 Å². The minimum Gasteiger partial charge on any atom is -0.396 e. The molecule has 6 nitrogen and oxygen atoms in total. The first-order valence-corrected chi connectivity index (χ1v) is 9.21. The Morgan fingerprint density at radius 3 is 2.63 bits per heavy atom. The molecule has 2 aliphatic rings. The molecule has 2 amide bonds. The summed E-state index contributed by atoms with van der Waals surface area (Å²) < 4.78 is 18.6. The standard InChI is InChI=1S/C20H23FN4O2/c21-15-3-1-14(2-4-15)17-6-5-16(22)18(23-17)24-19(26)25-10-7-20(13-25)8-11-27-12-9-20/h1-6H,7-13,22H2,(H,23,24,26). The van der Waals surface area contributed by atoms with Crippen molar-refractivity contribution >= 4 is 17.5 Å². The van der Waals surface area contributed by atoms with Crippen LogP contribution in [0.4, 0.5) is 20.7 Å². The molecule has 2 aliphatic heterocycles. The van der Waals surface area contributed by atoms with Crippen LogP contribution >= 0.6 is 0 Å². The van der Waals surface area contributed by atoms with Gasteiger partial charge in [0.05, 0.1) is 11.4 Å². The number of benzene rings is 1. The van der Waals surface area contributed by atoms with Gasteiger partial charge in [0.15, 0.2) is 5.82 Å². The van der Waals surface area contributed by atoms with Crippen molar-refractivity contribution in [3.05, 3.63) is 42.2 Å². The van der Waals surface area contributed by atoms with E-state index in [1.165, 1.54) is 12.1 Å². The molecule has 1 aromatic carbocycles. The Hall–Kier alpha value is -2.67. The molecule has 0 saturated carbocycles. The largest absolute Gasteiger partial charge is 0.396 e. The number of nitrogens with two attached hydrogens (primary N) is 1. The summed E-state index contributed by atoms with van der Waals surface area (Å²) in [5, 5.41) is 2.84. The topological polar surface area (TPSA) is 80.5 Å². The molecule has 3 N–H and O–H groups in total. The monoisotopic (exact) mass is 370 g/mol. The molecule has 4 rings (SSSR count). The van der Waals surface area contributed by atoms with E-state index in [1.54, 1.807) is 24.3 Å². The van der Waals surface area contributed by atoms with Crippen molar-refractivity contribution in [1.82, 2.24) is 9.88 Å². The van der Waals surface area contributed by atoms with E-state index in [1.807, 2.05) is 4.90 Å². The number of hydrogen-bond donors (Lipinski definition) is 2. The number of halogens is 1. The first-order valence-electron chi connectivity index (χ1n) is 9.21. The minimum absolute atomic E-state index is 0.185. The molecule has 2 fully saturated rings. The number of carbonyl (C=O) groups is 1. The summed E-state index contributed by atoms with van der Waals surface area (Å²) in [6.45, 7) is 3.00. The van der Waals surface area contributed by atoms with E-state index in [-0.39, 0.29) is 17.3 Å². The predicted octanol–water partition coefficient (Wildman–Crippen LogP) is 3.50. The van der Waals surface area contributed by atoms with Gasteiger partial charge in [-0.05, 0) is 61.1 Å². The molecule has 1 spiro atoms. The number of nitrogen functional groups attached to an aromatic ring is 1. The van der Waals surface area contributed by atoms with Gasteiger partial charge in [-0.15, -0.1) is 0 Å². The SMILES string of the molecule is Nc1ccc(-c2ccc(F)cc2)nc1NC(=O)N1CCC2(CCOCC2)C1. The molecule has 2 aromatic rings. The normalized spacial score (nSPS) is 18.6. The number of aromatic nitrogens is 1. The third kappa shape index (κ3) is 3.73. The molecule has 0 bridgehead atoms. The fourth-order valence-electron chi connectivity index (χ4n) is 3.85. The number of rotatable bonds is 2. The van der Waals surface area contributed by atoms with Crippen molar-refractivity contribution in [2.75, 3.05) is 37.4 Å². The summed E-state index contributed by atoms with van der Waals surface area (Å²) >= 11 is 0. The van der Waals surface area contributed by atoms with E-state index >= 15 is 0 Å². The van der Waals surface area contributed by atoms with E-state index in [0.717, 1.165) is 51.1 Å². The predicted molar refractivity (Wildman–Crippen MR) is 102 cm³/mol. The molecule has 2 saturated heterocycles. The average Bonchev–Trinajstić information content (AvgIpc) is 3.08. The van der Waals surface area contributed by atoms with Crippen LogP contribution in [0.15, 0.2) is 36.4 Å². The summed E-state index contributed by atoms with van der Waals surface area (Å²) in [4.78, 5) is 19.0. The lowest BCUT2D eigenvalue weighted by atomic mass is 9.80. The van der Waals surface area contributed by atoms with Crippen LogP contribution in [0, 0.1) is 11.2 Å². The van der Waals surface area contributed by atoms with E-state index in [4.69, 9.17) is 10.5 Å². The van der Waals surface area contributed by atoms with E-state index < -0.39 is 0 Å². The van der Waals surface area contributed by atoms with Crippen LogP contribution in [0.5, 0.6) is 0 Å². The fraction of sp³-hybridized carbons (Fsp3) is 0.400. The van der Waals surface area contributed by atoms with Gasteiger partial charge in [0, 0.05) is 31.9 Å². The molecule has 0 unspecified atom stereocenters. The van der Waals surface area contributed by atoms with Crippen LogP contribution in [0.25, 0.3) is 11.3 Å². The third-order valence-corrected chi connectivity index (χ3v) is 5.57. The Morgan fingerprint density at radius 2 is 1.89 bits per heavy atom. The van der Waals surface area contributed by atoms with Crippen LogP contribution in [-0.2, 0) is 4.74 Å². The lowest BCUT2D eigenvalue weighted by molar-refractivity contribution is 0.0211. The summed E-state index contributed by atoms with van der Waals surface area (Å²) in [7, 11) is 0. The number of carbonyl (C=O) groups excluding carboxylic acids is 1. The summed E-state index contributed by atoms with van der Waals surface area (Å²) in [6, 6.07) is 9.32. The van der Waals surface area contributed by atoms with Gasteiger partial charge in [-0.2, -0.15) is 0 Å². The molecule has 0 radical (unpaired) electrons. The summed E-state index contributed by atoms with van der Waals surface area (Å²) in [5.41, 5.74) is 7.97. The summed E-state index contributed by atoms with van der Waals surface area (Å²) in [5.74, 6) is 0.0218. The van der Waals surface area contributed by atoms with Crippen molar-refractivity contribution < 1.29 is 13.9 Å². The Bertz CT molecular complexity index is 834. The molecule has 0 atom stereocenters. The van der Waals surface area contributed by atoms with Crippen LogP contribution in [0.1, 0.15) is 19.3 Å². The Labute approximate surface area is 157 Å². The Morgan fingerprint density at radius 1 is 1.15 bits per heavy atom. The number of hydrogen-bond acceptors (Lipinski definition) is 4. The van der Waals surface area contributed by atoms with Crippen molar-refractivity contribution in [1.29, 1.82) is 0 Å². The molecule has 3 heterocycles. The maximum atomic E-state index is 13.1. The number of nitrogens with one attached hydrogen (secondary N) is 1. The summed E-state index contributed by atoms with van der Waals surface area (Å²) in [6.07, 6.45) is 3.00. The second kappa shape index (κ2) is 7.15. The van der Waals surface area contributed by atoms with E-state index in [2.05, 4.69) is 10.3 Å². The highest BCUT2D eigenvalue weighted by Crippen LogP contribution is 2.39. The highest BCUT2D eigenvalue weighted by molar-refractivity contribution is 5.92. The highest BCUT2D eigenvalue weighted by Gasteiger charge is 2.41. The molecule has 1 aromatic heterocycles. The van der Waals surface area contributed by atoms with E-state index in [9.17, 15) is 9.18 Å². The van der Waals surface area contributed by atoms with E-state index in [0.29, 0.717) is 17.2 Å². The van der Waals surface area contributed by atoms with Gasteiger partial charge in [0.2, 0.25) is 0 Å². The quantitative estimate of drug-likeness (QED) is 0.848.